The van der Waals surface area contributed by atoms with Crippen molar-refractivity contribution >= 4 is 17.8 Å². The number of imidazole rings is 1. The number of rotatable bonds is 12. The number of carbonyl (C=O) groups excluding carboxylic acids is 2. The van der Waals surface area contributed by atoms with Crippen molar-refractivity contribution in [3.05, 3.63) is 90.0 Å². The molecule has 4 rings (SSSR count). The van der Waals surface area contributed by atoms with Crippen LogP contribution in [0, 0.1) is 0 Å². The normalized spacial score (nSPS) is 16.6. The molecule has 0 spiro atoms. The molecule has 0 aliphatic heterocycles. The largest absolute Gasteiger partial charge is 0.465 e. The monoisotopic (exact) mass is 503 g/mol. The van der Waals surface area contributed by atoms with Gasteiger partial charge in [0.25, 0.3) is 0 Å². The molecule has 2 atom stereocenters. The first kappa shape index (κ1) is 26.1. The molecule has 1 heterocycles. The molecule has 3 aromatic rings. The topological polar surface area (TPSA) is 136 Å². The van der Waals surface area contributed by atoms with Gasteiger partial charge in [0.05, 0.1) is 12.7 Å². The average molecular weight is 504 g/mol. The fourth-order valence-corrected chi connectivity index (χ4v) is 5.01. The van der Waals surface area contributed by atoms with Gasteiger partial charge in [-0.1, -0.05) is 67.1 Å². The van der Waals surface area contributed by atoms with E-state index in [1.165, 1.54) is 18.1 Å². The number of hydrogen-bond acceptors (Lipinski definition) is 5. The molecule has 1 saturated carbocycles. The van der Waals surface area contributed by atoms with Crippen LogP contribution in [0.25, 0.3) is 0 Å². The summed E-state index contributed by atoms with van der Waals surface area (Å²) >= 11 is 0. The maximum atomic E-state index is 13.7. The molecule has 0 radical (unpaired) electrons. The van der Waals surface area contributed by atoms with E-state index in [9.17, 15) is 19.5 Å². The molecule has 9 nitrogen and oxygen atoms in total. The Bertz CT molecular complexity index is 1200. The maximum absolute atomic E-state index is 13.7. The predicted octanol–water partition coefficient (Wildman–Crippen LogP) is 3.46. The van der Waals surface area contributed by atoms with E-state index in [-0.39, 0.29) is 17.9 Å². The zero-order valence-electron chi connectivity index (χ0n) is 20.9. The fourth-order valence-electron chi connectivity index (χ4n) is 5.01. The number of carbonyl (C=O) groups is 3. The molecule has 2 amide bonds. The molecule has 9 heteroatoms. The zero-order valence-corrected chi connectivity index (χ0v) is 20.9. The van der Waals surface area contributed by atoms with Crippen molar-refractivity contribution in [3.63, 3.8) is 0 Å². The molecule has 1 aliphatic carbocycles. The second-order valence-electron chi connectivity index (χ2n) is 9.74. The molecule has 37 heavy (non-hydrogen) atoms. The Morgan fingerprint density at radius 3 is 2.32 bits per heavy atom. The highest BCUT2D eigenvalue weighted by molar-refractivity contribution is 6.03. The van der Waals surface area contributed by atoms with Crippen LogP contribution in [0.5, 0.6) is 0 Å². The van der Waals surface area contributed by atoms with Crippen molar-refractivity contribution in [1.29, 1.82) is 0 Å². The number of ketones is 1. The molecule has 2 aromatic carbocycles. The summed E-state index contributed by atoms with van der Waals surface area (Å²) in [7, 11) is 0. The summed E-state index contributed by atoms with van der Waals surface area (Å²) in [6.45, 7) is 2.27. The Labute approximate surface area is 216 Å². The van der Waals surface area contributed by atoms with E-state index in [1.54, 1.807) is 0 Å². The molecule has 2 unspecified atom stereocenters. The van der Waals surface area contributed by atoms with Crippen molar-refractivity contribution in [1.82, 2.24) is 25.9 Å². The molecule has 1 fully saturated rings. The van der Waals surface area contributed by atoms with Crippen LogP contribution in [0.1, 0.15) is 55.5 Å². The summed E-state index contributed by atoms with van der Waals surface area (Å²) in [5.41, 5.74) is 0.709. The highest BCUT2D eigenvalue weighted by Crippen LogP contribution is 2.43. The minimum Gasteiger partial charge on any atom is -0.465 e. The SMILES string of the molecule is CC(NC(Cc1cnc[nH]1)(NC(=O)O)C(=O)CC(=O)NCC1(c2ccccc2)CCC1)c1ccccc1. The van der Waals surface area contributed by atoms with Crippen LogP contribution in [0.3, 0.4) is 0 Å². The highest BCUT2D eigenvalue weighted by atomic mass is 16.4. The Morgan fingerprint density at radius 1 is 1.08 bits per heavy atom. The van der Waals surface area contributed by atoms with Crippen LogP contribution in [-0.2, 0) is 21.4 Å². The van der Waals surface area contributed by atoms with E-state index in [0.29, 0.717) is 12.2 Å². The van der Waals surface area contributed by atoms with Crippen LogP contribution < -0.4 is 16.0 Å². The van der Waals surface area contributed by atoms with E-state index in [2.05, 4.69) is 38.1 Å². The van der Waals surface area contributed by atoms with Crippen LogP contribution in [0.15, 0.2) is 73.2 Å². The third-order valence-electron chi connectivity index (χ3n) is 7.21. The van der Waals surface area contributed by atoms with E-state index in [1.807, 2.05) is 55.5 Å². The predicted molar refractivity (Wildman–Crippen MR) is 139 cm³/mol. The van der Waals surface area contributed by atoms with Gasteiger partial charge in [-0.25, -0.2) is 9.78 Å². The molecule has 5 N–H and O–H groups in total. The lowest BCUT2D eigenvalue weighted by molar-refractivity contribution is -0.133. The van der Waals surface area contributed by atoms with Gasteiger partial charge in [0.2, 0.25) is 5.91 Å². The Morgan fingerprint density at radius 2 is 1.76 bits per heavy atom. The third kappa shape index (κ3) is 6.24. The number of carboxylic acid groups (broad SMARTS) is 1. The standard InChI is InChI=1S/C28H33N5O4/c1-20(21-9-4-2-5-10-21)32-28(33-26(36)37,16-23-17-29-19-31-23)24(34)15-25(35)30-18-27(13-8-14-27)22-11-6-3-7-12-22/h2-7,9-12,17,19-20,32-33H,8,13-16,18H2,1H3,(H,29,31)(H,30,35)(H,36,37). The van der Waals surface area contributed by atoms with Crippen LogP contribution in [0.4, 0.5) is 4.79 Å². The van der Waals surface area contributed by atoms with Crippen LogP contribution >= 0.6 is 0 Å². The second kappa shape index (κ2) is 11.4. The van der Waals surface area contributed by atoms with Crippen molar-refractivity contribution in [3.8, 4) is 0 Å². The molecule has 194 valence electrons. The number of aromatic nitrogens is 2. The number of aromatic amines is 1. The van der Waals surface area contributed by atoms with E-state index < -0.39 is 29.9 Å². The molecule has 1 aliphatic rings. The van der Waals surface area contributed by atoms with Crippen LogP contribution in [-0.4, -0.2) is 45.1 Å². The number of nitrogens with one attached hydrogen (secondary N) is 4. The number of nitrogens with zero attached hydrogens (tertiary/aromatic N) is 1. The van der Waals surface area contributed by atoms with Gasteiger partial charge in [0.1, 0.15) is 0 Å². The fraction of sp³-hybridized carbons (Fsp3) is 0.357. The summed E-state index contributed by atoms with van der Waals surface area (Å²) < 4.78 is 0. The Balaban J connectivity index is 1.52. The van der Waals surface area contributed by atoms with E-state index in [0.717, 1.165) is 24.8 Å². The van der Waals surface area contributed by atoms with Gasteiger partial charge in [-0.05, 0) is 30.9 Å². The van der Waals surface area contributed by atoms with Crippen molar-refractivity contribution in [2.45, 2.75) is 56.1 Å². The van der Waals surface area contributed by atoms with E-state index >= 15 is 0 Å². The van der Waals surface area contributed by atoms with Crippen LogP contribution in [0.2, 0.25) is 0 Å². The summed E-state index contributed by atoms with van der Waals surface area (Å²) in [6, 6.07) is 19.1. The van der Waals surface area contributed by atoms with Crippen molar-refractivity contribution in [2.24, 2.45) is 0 Å². The van der Waals surface area contributed by atoms with E-state index in [4.69, 9.17) is 0 Å². The summed E-state index contributed by atoms with van der Waals surface area (Å²) in [4.78, 5) is 45.5. The minimum atomic E-state index is -1.75. The van der Waals surface area contributed by atoms with Gasteiger partial charge in [-0.15, -0.1) is 0 Å². The van der Waals surface area contributed by atoms with Gasteiger partial charge in [0.15, 0.2) is 11.4 Å². The number of amides is 2. The van der Waals surface area contributed by atoms with Crippen molar-refractivity contribution < 1.29 is 19.5 Å². The minimum absolute atomic E-state index is 0.0451. The Kier molecular flexibility index (Phi) is 8.03. The average Bonchev–Trinajstić information content (AvgIpc) is 3.37. The lowest BCUT2D eigenvalue weighted by Gasteiger charge is -2.42. The first-order chi connectivity index (χ1) is 17.8. The molecule has 1 aromatic heterocycles. The second-order valence-corrected chi connectivity index (χ2v) is 9.74. The van der Waals surface area contributed by atoms with Gasteiger partial charge in [0, 0.05) is 36.3 Å². The number of Topliss-reactive ketones (excluding diaryl/α,β-unsaturated/α-hetero) is 1. The Hall–Kier alpha value is -3.98. The number of hydrogen-bond donors (Lipinski definition) is 5. The maximum Gasteiger partial charge on any atom is 0.406 e. The number of benzene rings is 2. The summed E-state index contributed by atoms with van der Waals surface area (Å²) in [6.07, 6.45) is 4.10. The highest BCUT2D eigenvalue weighted by Gasteiger charge is 2.43. The summed E-state index contributed by atoms with van der Waals surface area (Å²) in [5.74, 6) is -1.02. The molecular formula is C28H33N5O4. The van der Waals surface area contributed by atoms with Gasteiger partial charge in [-0.2, -0.15) is 0 Å². The first-order valence-corrected chi connectivity index (χ1v) is 12.5. The lowest BCUT2D eigenvalue weighted by Crippen LogP contribution is -2.66. The third-order valence-corrected chi connectivity index (χ3v) is 7.21. The van der Waals surface area contributed by atoms with Gasteiger partial charge < -0.3 is 15.4 Å². The molecule has 0 bridgehead atoms. The number of H-pyrrole nitrogens is 1. The van der Waals surface area contributed by atoms with Gasteiger partial charge >= 0.3 is 6.09 Å². The first-order valence-electron chi connectivity index (χ1n) is 12.5. The zero-order chi connectivity index (χ0) is 26.3. The van der Waals surface area contributed by atoms with Gasteiger partial charge in [-0.3, -0.25) is 20.2 Å². The lowest BCUT2D eigenvalue weighted by atomic mass is 9.64. The quantitative estimate of drug-likeness (QED) is 0.190. The van der Waals surface area contributed by atoms with Crippen molar-refractivity contribution in [2.75, 3.05) is 6.54 Å². The molecular weight excluding hydrogens is 470 g/mol. The smallest absolute Gasteiger partial charge is 0.406 e. The molecule has 0 saturated heterocycles. The summed E-state index contributed by atoms with van der Waals surface area (Å²) in [5, 5.41) is 18.2.